The number of thiazole rings is 1. The van der Waals surface area contributed by atoms with Gasteiger partial charge >= 0.3 is 5.97 Å². The van der Waals surface area contributed by atoms with Gasteiger partial charge in [-0.3, -0.25) is 9.78 Å². The van der Waals surface area contributed by atoms with Gasteiger partial charge in [-0.05, 0) is 31.2 Å². The summed E-state index contributed by atoms with van der Waals surface area (Å²) in [5.74, 6) is -0.988. The minimum Gasteiger partial charge on any atom is -0.464 e. The Morgan fingerprint density at radius 3 is 2.58 bits per heavy atom. The first kappa shape index (κ1) is 20.4. The van der Waals surface area contributed by atoms with Crippen LogP contribution in [0.2, 0.25) is 0 Å². The summed E-state index contributed by atoms with van der Waals surface area (Å²) in [7, 11) is 1.27. The number of rotatable bonds is 6. The van der Waals surface area contributed by atoms with Crippen molar-refractivity contribution in [2.75, 3.05) is 7.11 Å². The van der Waals surface area contributed by atoms with Crippen LogP contribution in [0.15, 0.2) is 66.3 Å². The van der Waals surface area contributed by atoms with Gasteiger partial charge in [0.1, 0.15) is 10.7 Å². The topological polar surface area (TPSA) is 99.0 Å². The monoisotopic (exact) mass is 433 g/mol. The van der Waals surface area contributed by atoms with Crippen LogP contribution in [-0.4, -0.2) is 38.7 Å². The molecule has 0 bridgehead atoms. The third-order valence-corrected chi connectivity index (χ3v) is 5.58. The predicted octanol–water partition coefficient (Wildman–Crippen LogP) is 3.67. The van der Waals surface area contributed by atoms with Gasteiger partial charge < -0.3 is 10.1 Å². The number of aromatic nitrogens is 4. The molecule has 0 spiro atoms. The van der Waals surface area contributed by atoms with E-state index in [9.17, 15) is 9.59 Å². The number of carbonyl (C=O) groups excluding carboxylic acids is 2. The molecule has 0 radical (unpaired) electrons. The zero-order valence-corrected chi connectivity index (χ0v) is 17.7. The molecule has 4 rings (SSSR count). The smallest absolute Gasteiger partial charge is 0.358 e. The quantitative estimate of drug-likeness (QED) is 0.466. The van der Waals surface area contributed by atoms with Crippen molar-refractivity contribution < 1.29 is 14.3 Å². The van der Waals surface area contributed by atoms with Gasteiger partial charge in [0.2, 0.25) is 0 Å². The van der Waals surface area contributed by atoms with E-state index in [4.69, 9.17) is 4.74 Å². The number of hydrogen-bond acceptors (Lipinski definition) is 7. The van der Waals surface area contributed by atoms with E-state index in [2.05, 4.69) is 20.4 Å². The fourth-order valence-corrected chi connectivity index (χ4v) is 3.82. The normalized spacial score (nSPS) is 11.7. The molecule has 0 aliphatic heterocycles. The molecule has 1 unspecified atom stereocenters. The maximum Gasteiger partial charge on any atom is 0.358 e. The first-order valence-corrected chi connectivity index (χ1v) is 10.3. The minimum absolute atomic E-state index is 0.0541. The molecule has 1 aromatic carbocycles. The molecule has 0 aliphatic carbocycles. The summed E-state index contributed by atoms with van der Waals surface area (Å²) in [6.45, 7) is 1.86. The van der Waals surface area contributed by atoms with Crippen LogP contribution in [0.4, 0.5) is 0 Å². The summed E-state index contributed by atoms with van der Waals surface area (Å²) in [5, 5.41) is 9.90. The van der Waals surface area contributed by atoms with Crippen molar-refractivity contribution in [1.29, 1.82) is 0 Å². The average Bonchev–Trinajstić information content (AvgIpc) is 3.48. The van der Waals surface area contributed by atoms with Gasteiger partial charge in [0.25, 0.3) is 5.91 Å². The first-order valence-electron chi connectivity index (χ1n) is 9.47. The molecule has 4 aromatic rings. The Hall–Kier alpha value is -3.85. The lowest BCUT2D eigenvalue weighted by molar-refractivity contribution is 0.0593. The van der Waals surface area contributed by atoms with Crippen LogP contribution in [0.1, 0.15) is 39.0 Å². The number of carbonyl (C=O) groups is 2. The molecule has 8 nitrogen and oxygen atoms in total. The Labute approximate surface area is 182 Å². The van der Waals surface area contributed by atoms with Crippen molar-refractivity contribution in [1.82, 2.24) is 25.1 Å². The van der Waals surface area contributed by atoms with E-state index in [-0.39, 0.29) is 23.3 Å². The summed E-state index contributed by atoms with van der Waals surface area (Å²) in [4.78, 5) is 33.7. The Kier molecular flexibility index (Phi) is 5.85. The van der Waals surface area contributed by atoms with E-state index in [1.807, 2.05) is 42.6 Å². The second-order valence-electron chi connectivity index (χ2n) is 6.66. The van der Waals surface area contributed by atoms with Gasteiger partial charge in [0.15, 0.2) is 5.69 Å². The van der Waals surface area contributed by atoms with Crippen molar-refractivity contribution >= 4 is 23.2 Å². The van der Waals surface area contributed by atoms with Gasteiger partial charge in [-0.1, -0.05) is 18.2 Å². The summed E-state index contributed by atoms with van der Waals surface area (Å²) >= 11 is 1.46. The SMILES string of the molecule is COC(=O)c1cc(C(=O)NC(C)c2nc(-c3ccncc3)cs2)n(-c2ccccc2)n1. The maximum absolute atomic E-state index is 13.1. The molecule has 3 aromatic heterocycles. The highest BCUT2D eigenvalue weighted by molar-refractivity contribution is 7.10. The van der Waals surface area contributed by atoms with E-state index < -0.39 is 5.97 Å². The molecule has 0 fully saturated rings. The number of esters is 1. The Morgan fingerprint density at radius 1 is 1.13 bits per heavy atom. The Balaban J connectivity index is 1.59. The minimum atomic E-state index is -0.612. The number of hydrogen-bond donors (Lipinski definition) is 1. The van der Waals surface area contributed by atoms with Crippen LogP contribution in [0.3, 0.4) is 0 Å². The van der Waals surface area contributed by atoms with E-state index in [1.165, 1.54) is 29.2 Å². The van der Waals surface area contributed by atoms with Crippen LogP contribution in [0, 0.1) is 0 Å². The van der Waals surface area contributed by atoms with Crippen molar-refractivity contribution in [2.45, 2.75) is 13.0 Å². The van der Waals surface area contributed by atoms with Crippen molar-refractivity contribution in [3.8, 4) is 16.9 Å². The molecule has 0 saturated heterocycles. The van der Waals surface area contributed by atoms with E-state index in [0.717, 1.165) is 16.3 Å². The zero-order chi connectivity index (χ0) is 21.8. The molecule has 156 valence electrons. The number of benzene rings is 1. The summed E-state index contributed by atoms with van der Waals surface area (Å²) in [5.41, 5.74) is 2.72. The van der Waals surface area contributed by atoms with E-state index in [1.54, 1.807) is 24.5 Å². The largest absolute Gasteiger partial charge is 0.464 e. The molecule has 9 heteroatoms. The molecule has 0 saturated carbocycles. The zero-order valence-electron chi connectivity index (χ0n) is 16.9. The van der Waals surface area contributed by atoms with E-state index >= 15 is 0 Å². The molecular weight excluding hydrogens is 414 g/mol. The Morgan fingerprint density at radius 2 is 1.87 bits per heavy atom. The fraction of sp³-hybridized carbons (Fsp3) is 0.136. The highest BCUT2D eigenvalue weighted by Crippen LogP contribution is 2.25. The number of ether oxygens (including phenoxy) is 1. The van der Waals surface area contributed by atoms with Crippen LogP contribution >= 0.6 is 11.3 Å². The lowest BCUT2D eigenvalue weighted by Crippen LogP contribution is -2.28. The molecule has 1 amide bonds. The van der Waals surface area contributed by atoms with Crippen molar-refractivity contribution in [2.24, 2.45) is 0 Å². The predicted molar refractivity (Wildman–Crippen MR) is 116 cm³/mol. The number of para-hydroxylation sites is 1. The molecule has 0 aliphatic rings. The first-order chi connectivity index (χ1) is 15.1. The van der Waals surface area contributed by atoms with Gasteiger partial charge in [-0.25, -0.2) is 14.5 Å². The summed E-state index contributed by atoms with van der Waals surface area (Å²) < 4.78 is 6.19. The van der Waals surface area contributed by atoms with Gasteiger partial charge in [0.05, 0.1) is 24.5 Å². The van der Waals surface area contributed by atoms with Crippen LogP contribution in [0.25, 0.3) is 16.9 Å². The highest BCUT2D eigenvalue weighted by atomic mass is 32.1. The van der Waals surface area contributed by atoms with Crippen molar-refractivity contribution in [3.05, 3.63) is 82.7 Å². The molecule has 31 heavy (non-hydrogen) atoms. The van der Waals surface area contributed by atoms with Crippen LogP contribution in [0.5, 0.6) is 0 Å². The number of pyridine rings is 1. The standard InChI is InChI=1S/C22H19N5O3S/c1-14(21-25-18(13-31-21)15-8-10-23-11-9-15)24-20(28)19-12-17(22(29)30-2)26-27(19)16-6-4-3-5-7-16/h3-14H,1-2H3,(H,24,28). The maximum atomic E-state index is 13.1. The fourth-order valence-electron chi connectivity index (χ4n) is 2.99. The molecule has 1 N–H and O–H groups in total. The Bertz CT molecular complexity index is 1200. The molecule has 1 atom stereocenters. The highest BCUT2D eigenvalue weighted by Gasteiger charge is 2.23. The van der Waals surface area contributed by atoms with Gasteiger partial charge in [0, 0.05) is 29.4 Å². The van der Waals surface area contributed by atoms with Gasteiger partial charge in [-0.2, -0.15) is 5.10 Å². The lowest BCUT2D eigenvalue weighted by atomic mass is 10.2. The molecule has 3 heterocycles. The number of nitrogens with one attached hydrogen (secondary N) is 1. The third kappa shape index (κ3) is 4.36. The second-order valence-corrected chi connectivity index (χ2v) is 7.55. The van der Waals surface area contributed by atoms with E-state index in [0.29, 0.717) is 5.69 Å². The van der Waals surface area contributed by atoms with Crippen LogP contribution in [-0.2, 0) is 4.74 Å². The number of methoxy groups -OCH3 is 1. The number of nitrogens with zero attached hydrogens (tertiary/aromatic N) is 4. The summed E-state index contributed by atoms with van der Waals surface area (Å²) in [6.07, 6.45) is 3.42. The van der Waals surface area contributed by atoms with Crippen LogP contribution < -0.4 is 5.32 Å². The van der Waals surface area contributed by atoms with Crippen molar-refractivity contribution in [3.63, 3.8) is 0 Å². The lowest BCUT2D eigenvalue weighted by Gasteiger charge is -2.12. The number of amides is 1. The van der Waals surface area contributed by atoms with Gasteiger partial charge in [-0.15, -0.1) is 11.3 Å². The molecular formula is C22H19N5O3S. The average molecular weight is 433 g/mol. The second kappa shape index (κ2) is 8.88. The summed E-state index contributed by atoms with van der Waals surface area (Å²) in [6, 6.07) is 14.0. The third-order valence-electron chi connectivity index (χ3n) is 4.55.